The van der Waals surface area contributed by atoms with Crippen LogP contribution in [0.4, 0.5) is 11.4 Å². The van der Waals surface area contributed by atoms with Crippen molar-refractivity contribution in [2.45, 2.75) is 24.3 Å². The number of nitrogens with one attached hydrogen (secondary N) is 2. The van der Waals surface area contributed by atoms with Crippen molar-refractivity contribution < 1.29 is 18.3 Å². The van der Waals surface area contributed by atoms with Crippen LogP contribution in [0.15, 0.2) is 56.9 Å². The van der Waals surface area contributed by atoms with Gasteiger partial charge in [-0.25, -0.2) is 13.6 Å². The van der Waals surface area contributed by atoms with Gasteiger partial charge in [-0.1, -0.05) is 48.0 Å². The number of aliphatic hydroxyl groups excluding tert-OH is 1. The Bertz CT molecular complexity index is 1290. The van der Waals surface area contributed by atoms with Crippen molar-refractivity contribution in [3.8, 4) is 5.75 Å². The predicted molar refractivity (Wildman–Crippen MR) is 123 cm³/mol. The van der Waals surface area contributed by atoms with Gasteiger partial charge in [0.05, 0.1) is 5.02 Å². The first-order valence-corrected chi connectivity index (χ1v) is 11.5. The number of anilines is 2. The molecule has 0 aliphatic carbocycles. The number of halogens is 1. The van der Waals surface area contributed by atoms with Gasteiger partial charge in [0.25, 0.3) is 10.9 Å². The van der Waals surface area contributed by atoms with Gasteiger partial charge in [0.2, 0.25) is 10.0 Å². The first kappa shape index (κ1) is 23.7. The van der Waals surface area contributed by atoms with Gasteiger partial charge in [-0.15, -0.1) is 0 Å². The molecule has 0 spiro atoms. The largest absolute Gasteiger partial charge is 0.466 e. The molecule has 32 heavy (non-hydrogen) atoms. The monoisotopic (exact) mass is 479 g/mol. The van der Waals surface area contributed by atoms with Crippen molar-refractivity contribution in [1.82, 2.24) is 0 Å². The second-order valence-electron chi connectivity index (χ2n) is 7.04. The number of hydrogen-bond acceptors (Lipinski definition) is 8. The lowest BCUT2D eigenvalue weighted by atomic mass is 10.1. The Morgan fingerprint density at radius 3 is 2.38 bits per heavy atom. The average Bonchev–Trinajstić information content (AvgIpc) is 2.76. The molecule has 5 N–H and O–H groups in total. The molecule has 170 valence electrons. The van der Waals surface area contributed by atoms with Gasteiger partial charge in [0.15, 0.2) is 6.79 Å². The zero-order chi connectivity index (χ0) is 23.5. The Kier molecular flexibility index (Phi) is 7.19. The molecule has 0 aromatic heterocycles. The first-order valence-electron chi connectivity index (χ1n) is 9.61. The molecular weight excluding hydrogens is 458 g/mol. The van der Waals surface area contributed by atoms with Crippen molar-refractivity contribution in [2.24, 2.45) is 5.14 Å². The highest BCUT2D eigenvalue weighted by molar-refractivity contribution is 7.89. The number of aliphatic hydroxyl groups is 1. The van der Waals surface area contributed by atoms with Crippen LogP contribution in [-0.2, 0) is 16.4 Å². The van der Waals surface area contributed by atoms with Crippen LogP contribution in [0.3, 0.4) is 0 Å². The fourth-order valence-corrected chi connectivity index (χ4v) is 4.59. The molecule has 0 bridgehead atoms. The molecule has 3 aromatic carbocycles. The number of nitrogens with two attached hydrogens (primary N) is 1. The molecule has 3 rings (SSSR count). The van der Waals surface area contributed by atoms with Gasteiger partial charge in [-0.05, 0) is 30.5 Å². The number of sulfonamides is 1. The summed E-state index contributed by atoms with van der Waals surface area (Å²) in [4.78, 5) is 23.7. The number of rotatable bonds is 10. The van der Waals surface area contributed by atoms with E-state index in [1.807, 2.05) is 37.3 Å². The van der Waals surface area contributed by atoms with Crippen LogP contribution in [0, 0.1) is 0 Å². The molecule has 3 aromatic rings. The molecular formula is C21H22ClN3O6S. The van der Waals surface area contributed by atoms with Crippen LogP contribution in [0.25, 0.3) is 0 Å². The summed E-state index contributed by atoms with van der Waals surface area (Å²) in [6.07, 6.45) is 0.196. The Morgan fingerprint density at radius 2 is 1.75 bits per heavy atom. The zero-order valence-corrected chi connectivity index (χ0v) is 18.7. The minimum absolute atomic E-state index is 0.142. The minimum Gasteiger partial charge on any atom is -0.466 e. The molecule has 0 amide bonds. The standard InChI is InChI=1S/C21H22ClN3O6S/c1-12(13-5-3-2-4-6-13)25-17-16(18(27)19(17)28)24-10-9-14-7-8-15(22)21(32(23,29)30)20(14)31-11-26/h2-8,12,24-26H,9-11H2,1H3,(H2,23,29,30). The summed E-state index contributed by atoms with van der Waals surface area (Å²) >= 11 is 5.96. The van der Waals surface area contributed by atoms with E-state index in [2.05, 4.69) is 10.6 Å². The van der Waals surface area contributed by atoms with Crippen molar-refractivity contribution in [3.05, 3.63) is 79.1 Å². The summed E-state index contributed by atoms with van der Waals surface area (Å²) in [6, 6.07) is 12.1. The summed E-state index contributed by atoms with van der Waals surface area (Å²) in [5.74, 6) is -0.162. The lowest BCUT2D eigenvalue weighted by molar-refractivity contribution is 0.0947. The van der Waals surface area contributed by atoms with Crippen LogP contribution in [0.5, 0.6) is 5.75 Å². The SMILES string of the molecule is CC(Nc1c(NCCc2ccc(Cl)c(S(N)(=O)=O)c2OCO)c(=O)c1=O)c1ccccc1. The van der Waals surface area contributed by atoms with E-state index in [-0.39, 0.29) is 41.2 Å². The Balaban J connectivity index is 1.76. The Labute approximate surface area is 189 Å². The summed E-state index contributed by atoms with van der Waals surface area (Å²) < 4.78 is 28.9. The van der Waals surface area contributed by atoms with Crippen molar-refractivity contribution in [1.29, 1.82) is 0 Å². The van der Waals surface area contributed by atoms with Crippen LogP contribution >= 0.6 is 11.6 Å². The highest BCUT2D eigenvalue weighted by atomic mass is 35.5. The lowest BCUT2D eigenvalue weighted by Crippen LogP contribution is -2.38. The average molecular weight is 480 g/mol. The molecule has 0 aliphatic rings. The van der Waals surface area contributed by atoms with Gasteiger partial charge in [-0.2, -0.15) is 0 Å². The third-order valence-corrected chi connectivity index (χ3v) is 6.31. The third-order valence-electron chi connectivity index (χ3n) is 4.91. The van der Waals surface area contributed by atoms with Crippen molar-refractivity contribution in [3.63, 3.8) is 0 Å². The molecule has 9 nitrogen and oxygen atoms in total. The zero-order valence-electron chi connectivity index (χ0n) is 17.1. The highest BCUT2D eigenvalue weighted by Crippen LogP contribution is 2.34. The van der Waals surface area contributed by atoms with E-state index in [1.54, 1.807) is 0 Å². The van der Waals surface area contributed by atoms with Crippen LogP contribution < -0.4 is 31.4 Å². The van der Waals surface area contributed by atoms with E-state index in [4.69, 9.17) is 26.6 Å². The number of hydrogen-bond donors (Lipinski definition) is 4. The molecule has 1 atom stereocenters. The molecule has 0 fully saturated rings. The third kappa shape index (κ3) is 4.94. The predicted octanol–water partition coefficient (Wildman–Crippen LogP) is 1.74. The maximum Gasteiger partial charge on any atom is 0.253 e. The second-order valence-corrected chi connectivity index (χ2v) is 8.95. The summed E-state index contributed by atoms with van der Waals surface area (Å²) in [6.45, 7) is 1.26. The number of ether oxygens (including phenoxy) is 1. The maximum atomic E-state index is 12.1. The van der Waals surface area contributed by atoms with Crippen LogP contribution in [0.2, 0.25) is 5.02 Å². The van der Waals surface area contributed by atoms with Crippen molar-refractivity contribution >= 4 is 33.0 Å². The van der Waals surface area contributed by atoms with E-state index in [0.717, 1.165) is 5.56 Å². The second kappa shape index (κ2) is 9.70. The van der Waals surface area contributed by atoms with E-state index >= 15 is 0 Å². The highest BCUT2D eigenvalue weighted by Gasteiger charge is 2.24. The molecule has 0 radical (unpaired) electrons. The van der Waals surface area contributed by atoms with E-state index in [1.165, 1.54) is 12.1 Å². The van der Waals surface area contributed by atoms with E-state index < -0.39 is 32.6 Å². The maximum absolute atomic E-state index is 12.1. The summed E-state index contributed by atoms with van der Waals surface area (Å²) in [7, 11) is -4.21. The van der Waals surface area contributed by atoms with E-state index in [9.17, 15) is 18.0 Å². The Hall–Kier alpha value is -2.92. The lowest BCUT2D eigenvalue weighted by Gasteiger charge is -2.20. The molecule has 0 saturated heterocycles. The van der Waals surface area contributed by atoms with Gasteiger partial charge >= 0.3 is 0 Å². The quantitative estimate of drug-likeness (QED) is 0.254. The van der Waals surface area contributed by atoms with Gasteiger partial charge in [-0.3, -0.25) is 9.59 Å². The van der Waals surface area contributed by atoms with Crippen molar-refractivity contribution in [2.75, 3.05) is 24.0 Å². The van der Waals surface area contributed by atoms with Crippen LogP contribution in [0.1, 0.15) is 24.1 Å². The fourth-order valence-electron chi connectivity index (χ4n) is 3.33. The van der Waals surface area contributed by atoms with Gasteiger partial charge in [0.1, 0.15) is 22.0 Å². The molecule has 0 saturated carbocycles. The van der Waals surface area contributed by atoms with E-state index in [0.29, 0.717) is 5.56 Å². The first-order chi connectivity index (χ1) is 15.1. The summed E-state index contributed by atoms with van der Waals surface area (Å²) in [5.41, 5.74) is 0.450. The molecule has 0 aliphatic heterocycles. The fraction of sp³-hybridized carbons (Fsp3) is 0.238. The Morgan fingerprint density at radius 1 is 1.09 bits per heavy atom. The van der Waals surface area contributed by atoms with Gasteiger partial charge < -0.3 is 20.5 Å². The normalized spacial score (nSPS) is 12.5. The molecule has 11 heteroatoms. The molecule has 0 heterocycles. The smallest absolute Gasteiger partial charge is 0.253 e. The van der Waals surface area contributed by atoms with Gasteiger partial charge in [0, 0.05) is 12.6 Å². The number of primary sulfonamides is 1. The molecule has 1 unspecified atom stereocenters. The minimum atomic E-state index is -4.21. The topological polar surface area (TPSA) is 148 Å². The summed E-state index contributed by atoms with van der Waals surface area (Å²) in [5, 5.41) is 20.2. The number of benzene rings is 2. The van der Waals surface area contributed by atoms with Crippen LogP contribution in [-0.4, -0.2) is 26.9 Å².